The van der Waals surface area contributed by atoms with Gasteiger partial charge in [-0.05, 0) is 25.1 Å². The topological polar surface area (TPSA) is 96.7 Å². The van der Waals surface area contributed by atoms with Gasteiger partial charge in [0.1, 0.15) is 18.0 Å². The molecular formula is C11H12FN5O. The molecule has 6 nitrogen and oxygen atoms in total. The molecule has 0 aliphatic heterocycles. The smallest absolute Gasteiger partial charge is 0.251 e. The average molecular weight is 249 g/mol. The molecule has 1 aromatic heterocycles. The van der Waals surface area contributed by atoms with Crippen molar-refractivity contribution >= 4 is 11.6 Å². The summed E-state index contributed by atoms with van der Waals surface area (Å²) in [6.45, 7) is 1.76. The Balaban J connectivity index is 2.10. The third-order valence-corrected chi connectivity index (χ3v) is 2.45. The predicted molar refractivity (Wildman–Crippen MR) is 63.1 cm³/mol. The molecule has 0 saturated heterocycles. The number of nitrogens with zero attached hydrogens (tertiary/aromatic N) is 2. The summed E-state index contributed by atoms with van der Waals surface area (Å²) in [7, 11) is 0. The van der Waals surface area contributed by atoms with Crippen molar-refractivity contribution in [3.05, 3.63) is 41.7 Å². The summed E-state index contributed by atoms with van der Waals surface area (Å²) >= 11 is 0. The van der Waals surface area contributed by atoms with Crippen LogP contribution in [0.4, 0.5) is 10.1 Å². The minimum absolute atomic E-state index is 0.0602. The van der Waals surface area contributed by atoms with Crippen LogP contribution in [0.25, 0.3) is 0 Å². The molecule has 1 aromatic carbocycles. The number of aromatic amines is 1. The number of hydrogen-bond donors (Lipinski definition) is 3. The number of halogens is 1. The zero-order valence-electron chi connectivity index (χ0n) is 9.64. The molecule has 2 rings (SSSR count). The summed E-state index contributed by atoms with van der Waals surface area (Å²) in [4.78, 5) is 15.8. The van der Waals surface area contributed by atoms with E-state index in [2.05, 4.69) is 20.5 Å². The highest BCUT2D eigenvalue weighted by molar-refractivity contribution is 5.95. The van der Waals surface area contributed by atoms with Gasteiger partial charge >= 0.3 is 0 Å². The minimum atomic E-state index is -0.546. The zero-order chi connectivity index (χ0) is 13.1. The highest BCUT2D eigenvalue weighted by atomic mass is 19.1. The Labute approximate surface area is 102 Å². The first-order valence-corrected chi connectivity index (χ1v) is 5.29. The largest absolute Gasteiger partial charge is 0.396 e. The molecule has 4 N–H and O–H groups in total. The third-order valence-electron chi connectivity index (χ3n) is 2.45. The maximum absolute atomic E-state index is 13.0. The summed E-state index contributed by atoms with van der Waals surface area (Å²) in [5.41, 5.74) is 5.63. The number of amides is 1. The quantitative estimate of drug-likeness (QED) is 0.707. The second-order valence-electron chi connectivity index (χ2n) is 3.80. The van der Waals surface area contributed by atoms with Crippen LogP contribution in [-0.4, -0.2) is 21.1 Å². The van der Waals surface area contributed by atoms with Gasteiger partial charge in [0.15, 0.2) is 0 Å². The molecule has 18 heavy (non-hydrogen) atoms. The van der Waals surface area contributed by atoms with Crippen molar-refractivity contribution in [2.45, 2.75) is 13.0 Å². The summed E-state index contributed by atoms with van der Waals surface area (Å²) in [5.74, 6) is -0.362. The van der Waals surface area contributed by atoms with E-state index in [1.54, 1.807) is 6.92 Å². The molecule has 1 heterocycles. The van der Waals surface area contributed by atoms with Gasteiger partial charge in [0.2, 0.25) is 0 Å². The summed E-state index contributed by atoms with van der Waals surface area (Å²) in [6.07, 6.45) is 1.36. The van der Waals surface area contributed by atoms with Crippen molar-refractivity contribution in [3.8, 4) is 0 Å². The van der Waals surface area contributed by atoms with Crippen LogP contribution < -0.4 is 11.1 Å². The molecular weight excluding hydrogens is 237 g/mol. The lowest BCUT2D eigenvalue weighted by Crippen LogP contribution is -2.27. The van der Waals surface area contributed by atoms with Gasteiger partial charge in [0, 0.05) is 5.56 Å². The maximum Gasteiger partial charge on any atom is 0.251 e. The van der Waals surface area contributed by atoms with Gasteiger partial charge in [-0.25, -0.2) is 9.37 Å². The van der Waals surface area contributed by atoms with Crippen LogP contribution in [0.1, 0.15) is 29.1 Å². The van der Waals surface area contributed by atoms with Crippen LogP contribution in [0.2, 0.25) is 0 Å². The summed E-state index contributed by atoms with van der Waals surface area (Å²) in [6, 6.07) is 3.49. The molecule has 94 valence electrons. The van der Waals surface area contributed by atoms with Gasteiger partial charge in [-0.3, -0.25) is 9.89 Å². The van der Waals surface area contributed by atoms with Gasteiger partial charge in [-0.1, -0.05) is 0 Å². The van der Waals surface area contributed by atoms with Crippen LogP contribution in [0, 0.1) is 5.82 Å². The number of nitrogens with one attached hydrogen (secondary N) is 2. The monoisotopic (exact) mass is 249 g/mol. The first-order chi connectivity index (χ1) is 8.58. The standard InChI is InChI=1S/C11H12FN5O/c1-6(10-14-5-15-17-10)16-11(18)7-2-3-8(12)9(13)4-7/h2-6H,13H2,1H3,(H,16,18)(H,14,15,17). The van der Waals surface area contributed by atoms with Gasteiger partial charge in [0.25, 0.3) is 5.91 Å². The fourth-order valence-corrected chi connectivity index (χ4v) is 1.46. The van der Waals surface area contributed by atoms with Crippen molar-refractivity contribution in [2.24, 2.45) is 0 Å². The van der Waals surface area contributed by atoms with Crippen LogP contribution in [-0.2, 0) is 0 Å². The second kappa shape index (κ2) is 4.82. The molecule has 0 aliphatic carbocycles. The highest BCUT2D eigenvalue weighted by Crippen LogP contribution is 2.13. The summed E-state index contributed by atoms with van der Waals surface area (Å²) < 4.78 is 13.0. The molecule has 1 atom stereocenters. The number of H-pyrrole nitrogens is 1. The Kier molecular flexibility index (Phi) is 3.22. The number of anilines is 1. The van der Waals surface area contributed by atoms with Crippen molar-refractivity contribution in [3.63, 3.8) is 0 Å². The Bertz CT molecular complexity index is 555. The molecule has 7 heteroatoms. The Morgan fingerprint density at radius 1 is 1.56 bits per heavy atom. The van der Waals surface area contributed by atoms with Gasteiger partial charge < -0.3 is 11.1 Å². The number of nitrogens with two attached hydrogens (primary N) is 1. The van der Waals surface area contributed by atoms with Crippen molar-refractivity contribution < 1.29 is 9.18 Å². The fourth-order valence-electron chi connectivity index (χ4n) is 1.46. The highest BCUT2D eigenvalue weighted by Gasteiger charge is 2.14. The SMILES string of the molecule is CC(NC(=O)c1ccc(F)c(N)c1)c1ncn[nH]1. The van der Waals surface area contributed by atoms with Crippen LogP contribution in [0.5, 0.6) is 0 Å². The van der Waals surface area contributed by atoms with E-state index in [0.717, 1.165) is 6.07 Å². The van der Waals surface area contributed by atoms with Crippen molar-refractivity contribution in [1.29, 1.82) is 0 Å². The number of nitrogen functional groups attached to an aromatic ring is 1. The molecule has 1 amide bonds. The average Bonchev–Trinajstić information content (AvgIpc) is 2.86. The van der Waals surface area contributed by atoms with Gasteiger partial charge in [0.05, 0.1) is 11.7 Å². The molecule has 0 radical (unpaired) electrons. The molecule has 0 fully saturated rings. The number of benzene rings is 1. The van der Waals surface area contributed by atoms with E-state index in [0.29, 0.717) is 11.4 Å². The predicted octanol–water partition coefficient (Wildman–Crippen LogP) is 1.02. The van der Waals surface area contributed by atoms with E-state index < -0.39 is 5.82 Å². The number of rotatable bonds is 3. The number of hydrogen-bond acceptors (Lipinski definition) is 4. The van der Waals surface area contributed by atoms with Crippen LogP contribution >= 0.6 is 0 Å². The van der Waals surface area contributed by atoms with E-state index in [9.17, 15) is 9.18 Å². The van der Waals surface area contributed by atoms with E-state index >= 15 is 0 Å². The number of aromatic nitrogens is 3. The molecule has 0 spiro atoms. The number of carbonyl (C=O) groups is 1. The second-order valence-corrected chi connectivity index (χ2v) is 3.80. The van der Waals surface area contributed by atoms with E-state index in [4.69, 9.17) is 5.73 Å². The molecule has 0 bridgehead atoms. The van der Waals surface area contributed by atoms with Crippen molar-refractivity contribution in [1.82, 2.24) is 20.5 Å². The zero-order valence-corrected chi connectivity index (χ0v) is 9.64. The Morgan fingerprint density at radius 3 is 2.94 bits per heavy atom. The molecule has 1 unspecified atom stereocenters. The lowest BCUT2D eigenvalue weighted by Gasteiger charge is -2.11. The van der Waals surface area contributed by atoms with E-state index in [-0.39, 0.29) is 17.6 Å². The van der Waals surface area contributed by atoms with E-state index in [1.165, 1.54) is 18.5 Å². The normalized spacial score (nSPS) is 12.1. The lowest BCUT2D eigenvalue weighted by molar-refractivity contribution is 0.0938. The summed E-state index contributed by atoms with van der Waals surface area (Å²) in [5, 5.41) is 9.04. The fraction of sp³-hybridized carbons (Fsp3) is 0.182. The van der Waals surface area contributed by atoms with Gasteiger partial charge in [-0.2, -0.15) is 5.10 Å². The first-order valence-electron chi connectivity index (χ1n) is 5.29. The first kappa shape index (κ1) is 12.0. The Hall–Kier alpha value is -2.44. The van der Waals surface area contributed by atoms with Gasteiger partial charge in [-0.15, -0.1) is 0 Å². The lowest BCUT2D eigenvalue weighted by atomic mass is 10.1. The van der Waals surface area contributed by atoms with E-state index in [1.807, 2.05) is 0 Å². The van der Waals surface area contributed by atoms with Crippen LogP contribution in [0.15, 0.2) is 24.5 Å². The molecule has 2 aromatic rings. The minimum Gasteiger partial charge on any atom is -0.396 e. The maximum atomic E-state index is 13.0. The van der Waals surface area contributed by atoms with Crippen LogP contribution in [0.3, 0.4) is 0 Å². The third kappa shape index (κ3) is 2.45. The molecule has 0 saturated carbocycles. The van der Waals surface area contributed by atoms with Crippen molar-refractivity contribution in [2.75, 3.05) is 5.73 Å². The Morgan fingerprint density at radius 2 is 2.33 bits per heavy atom. The molecule has 0 aliphatic rings. The number of carbonyl (C=O) groups excluding carboxylic acids is 1.